The van der Waals surface area contributed by atoms with E-state index in [0.717, 1.165) is 16.8 Å². The minimum Gasteiger partial charge on any atom is -0.488 e. The van der Waals surface area contributed by atoms with E-state index < -0.39 is 11.7 Å². The van der Waals surface area contributed by atoms with Gasteiger partial charge in [0, 0.05) is 16.8 Å². The van der Waals surface area contributed by atoms with Gasteiger partial charge in [-0.1, -0.05) is 23.7 Å². The van der Waals surface area contributed by atoms with Crippen molar-refractivity contribution in [3.8, 4) is 17.7 Å². The fourth-order valence-corrected chi connectivity index (χ4v) is 4.09. The second-order valence-electron chi connectivity index (χ2n) is 6.67. The first kappa shape index (κ1) is 20.3. The lowest BCUT2D eigenvalue weighted by Gasteiger charge is -2.24. The quantitative estimate of drug-likeness (QED) is 0.533. The van der Waals surface area contributed by atoms with Crippen molar-refractivity contribution in [3.05, 3.63) is 85.6 Å². The summed E-state index contributed by atoms with van der Waals surface area (Å²) in [6, 6.07) is 12.0. The highest BCUT2D eigenvalue weighted by Gasteiger charge is 2.34. The molecule has 1 aromatic heterocycles. The van der Waals surface area contributed by atoms with Crippen molar-refractivity contribution in [3.63, 3.8) is 0 Å². The van der Waals surface area contributed by atoms with Gasteiger partial charge in [-0.05, 0) is 52.7 Å². The Morgan fingerprint density at radius 3 is 2.90 bits per heavy atom. The molecule has 3 aromatic rings. The van der Waals surface area contributed by atoms with Gasteiger partial charge in [0.25, 0.3) is 0 Å². The summed E-state index contributed by atoms with van der Waals surface area (Å²) in [7, 11) is 0. The average Bonchev–Trinajstić information content (AvgIpc) is 3.07. The lowest BCUT2D eigenvalue weighted by Crippen LogP contribution is -2.21. The van der Waals surface area contributed by atoms with Crippen molar-refractivity contribution in [1.29, 1.82) is 5.26 Å². The molecule has 3 N–H and O–H groups in total. The third kappa shape index (κ3) is 3.51. The van der Waals surface area contributed by atoms with Crippen LogP contribution in [0, 0.1) is 24.1 Å². The fraction of sp³-hybridized carbons (Fsp3) is 0.143. The van der Waals surface area contributed by atoms with Crippen molar-refractivity contribution < 1.29 is 13.9 Å². The number of nitrogens with two attached hydrogens (primary N) is 1. The molecule has 0 saturated heterocycles. The van der Waals surface area contributed by atoms with Gasteiger partial charge in [-0.25, -0.2) is 4.39 Å². The van der Waals surface area contributed by atoms with E-state index in [4.69, 9.17) is 26.8 Å². The number of benzene rings is 2. The number of aryl methyl sites for hydroxylation is 1. The van der Waals surface area contributed by atoms with Gasteiger partial charge in [0.1, 0.15) is 29.8 Å². The van der Waals surface area contributed by atoms with Crippen LogP contribution in [0.2, 0.25) is 5.02 Å². The van der Waals surface area contributed by atoms with Crippen molar-refractivity contribution in [2.45, 2.75) is 19.4 Å². The Labute approximate surface area is 185 Å². The smallest absolute Gasteiger partial charge is 0.244 e. The Balaban J connectivity index is 1.67. The number of ether oxygens (including phenoxy) is 2. The van der Waals surface area contributed by atoms with Gasteiger partial charge < -0.3 is 15.2 Å². The van der Waals surface area contributed by atoms with Crippen LogP contribution in [0.15, 0.2) is 52.3 Å². The number of fused-ring (bicyclic) bond motifs is 1. The van der Waals surface area contributed by atoms with E-state index in [1.807, 2.05) is 19.1 Å². The van der Waals surface area contributed by atoms with Crippen LogP contribution in [-0.2, 0) is 6.61 Å². The molecule has 0 aliphatic carbocycles. The van der Waals surface area contributed by atoms with Crippen LogP contribution < -0.4 is 15.2 Å². The van der Waals surface area contributed by atoms with Crippen LogP contribution in [-0.4, -0.2) is 10.2 Å². The maximum atomic E-state index is 14.0. The van der Waals surface area contributed by atoms with E-state index >= 15 is 0 Å². The highest BCUT2D eigenvalue weighted by Crippen LogP contribution is 2.44. The largest absolute Gasteiger partial charge is 0.488 e. The Bertz CT molecular complexity index is 1200. The first-order valence-electron chi connectivity index (χ1n) is 8.88. The second-order valence-corrected chi connectivity index (χ2v) is 7.93. The number of allylic oxidation sites excluding steroid dienone is 1. The van der Waals surface area contributed by atoms with Gasteiger partial charge in [0.2, 0.25) is 11.8 Å². The Morgan fingerprint density at radius 2 is 2.20 bits per heavy atom. The molecular weight excluding hydrogens is 475 g/mol. The summed E-state index contributed by atoms with van der Waals surface area (Å²) in [5.41, 5.74) is 8.85. The zero-order chi connectivity index (χ0) is 21.4. The van der Waals surface area contributed by atoms with Crippen molar-refractivity contribution in [2.75, 3.05) is 0 Å². The van der Waals surface area contributed by atoms with Crippen LogP contribution >= 0.6 is 27.5 Å². The number of nitrogens with one attached hydrogen (secondary N) is 1. The highest BCUT2D eigenvalue weighted by molar-refractivity contribution is 9.10. The predicted molar refractivity (Wildman–Crippen MR) is 113 cm³/mol. The summed E-state index contributed by atoms with van der Waals surface area (Å²) in [5.74, 6) is 0.0000573. The number of hydrogen-bond acceptors (Lipinski definition) is 5. The lowest BCUT2D eigenvalue weighted by atomic mass is 9.84. The molecule has 2 aromatic carbocycles. The van der Waals surface area contributed by atoms with Gasteiger partial charge in [-0.2, -0.15) is 5.26 Å². The number of nitriles is 1. The molecule has 0 radical (unpaired) electrons. The molecule has 0 spiro atoms. The third-order valence-electron chi connectivity index (χ3n) is 4.85. The van der Waals surface area contributed by atoms with Gasteiger partial charge in [0.15, 0.2) is 0 Å². The Morgan fingerprint density at radius 1 is 1.40 bits per heavy atom. The SMILES string of the molecule is Cc1[nH]nc2c1C(c1ccc(OCc3c(F)cccc3Cl)c(Br)c1)C(C#N)=C(N)O2. The molecule has 0 fully saturated rings. The molecule has 0 amide bonds. The normalized spacial score (nSPS) is 15.4. The molecule has 1 atom stereocenters. The van der Waals surface area contributed by atoms with E-state index in [2.05, 4.69) is 32.2 Å². The van der Waals surface area contributed by atoms with Gasteiger partial charge >= 0.3 is 0 Å². The van der Waals surface area contributed by atoms with Crippen LogP contribution in [0.4, 0.5) is 4.39 Å². The summed E-state index contributed by atoms with van der Waals surface area (Å²) in [4.78, 5) is 0. The minimum absolute atomic E-state index is 0.0205. The molecule has 6 nitrogen and oxygen atoms in total. The van der Waals surface area contributed by atoms with Gasteiger partial charge in [-0.3, -0.25) is 5.10 Å². The van der Waals surface area contributed by atoms with Crippen molar-refractivity contribution in [2.24, 2.45) is 5.73 Å². The topological polar surface area (TPSA) is 97.0 Å². The summed E-state index contributed by atoms with van der Waals surface area (Å²) in [5, 5.41) is 16.9. The van der Waals surface area contributed by atoms with E-state index in [1.54, 1.807) is 12.1 Å². The molecule has 0 saturated carbocycles. The molecule has 1 aliphatic rings. The van der Waals surface area contributed by atoms with E-state index in [-0.39, 0.29) is 18.1 Å². The number of aromatic nitrogens is 2. The maximum Gasteiger partial charge on any atom is 0.244 e. The number of halogens is 3. The first-order chi connectivity index (χ1) is 14.4. The Kier molecular flexibility index (Phi) is 5.41. The summed E-state index contributed by atoms with van der Waals surface area (Å²) >= 11 is 9.55. The minimum atomic E-state index is -0.441. The van der Waals surface area contributed by atoms with Crippen LogP contribution in [0.3, 0.4) is 0 Å². The average molecular weight is 490 g/mol. The van der Waals surface area contributed by atoms with E-state index in [1.165, 1.54) is 12.1 Å². The maximum absolute atomic E-state index is 14.0. The molecular formula is C21H15BrClFN4O2. The molecule has 0 bridgehead atoms. The second kappa shape index (κ2) is 8.01. The standard InChI is InChI=1S/C21H15BrClFN4O2/c1-10-18-19(12(8-25)20(26)30-21(18)28-27-10)11-5-6-17(14(22)7-11)29-9-13-15(23)3-2-4-16(13)24/h2-7,19H,9,26H2,1H3,(H,27,28). The van der Waals surface area contributed by atoms with Crippen LogP contribution in [0.25, 0.3) is 0 Å². The number of aromatic amines is 1. The van der Waals surface area contributed by atoms with Crippen LogP contribution in [0.5, 0.6) is 11.6 Å². The first-order valence-corrected chi connectivity index (χ1v) is 10.1. The third-order valence-corrected chi connectivity index (χ3v) is 5.83. The van der Waals surface area contributed by atoms with Crippen molar-refractivity contribution in [1.82, 2.24) is 10.2 Å². The summed E-state index contributed by atoms with van der Waals surface area (Å²) in [6.07, 6.45) is 0. The molecule has 9 heteroatoms. The molecule has 1 aliphatic heterocycles. The Hall–Kier alpha value is -3.02. The van der Waals surface area contributed by atoms with E-state index in [9.17, 15) is 9.65 Å². The number of rotatable bonds is 4. The van der Waals surface area contributed by atoms with Gasteiger partial charge in [-0.15, -0.1) is 5.10 Å². The number of H-pyrrole nitrogens is 1. The van der Waals surface area contributed by atoms with Gasteiger partial charge in [0.05, 0.1) is 15.4 Å². The molecule has 30 heavy (non-hydrogen) atoms. The fourth-order valence-electron chi connectivity index (χ4n) is 3.37. The number of hydrogen-bond donors (Lipinski definition) is 2. The van der Waals surface area contributed by atoms with Crippen LogP contribution in [0.1, 0.15) is 28.3 Å². The lowest BCUT2D eigenvalue weighted by molar-refractivity contribution is 0.298. The molecule has 1 unspecified atom stereocenters. The highest BCUT2D eigenvalue weighted by atomic mass is 79.9. The van der Waals surface area contributed by atoms with E-state index in [0.29, 0.717) is 26.7 Å². The molecule has 152 valence electrons. The molecule has 2 heterocycles. The molecule has 4 rings (SSSR count). The number of nitrogens with zero attached hydrogens (tertiary/aromatic N) is 2. The zero-order valence-corrected chi connectivity index (χ0v) is 18.0. The summed E-state index contributed by atoms with van der Waals surface area (Å²) in [6.45, 7) is 1.82. The zero-order valence-electron chi connectivity index (χ0n) is 15.7. The van der Waals surface area contributed by atoms with Crippen molar-refractivity contribution >= 4 is 27.5 Å². The monoisotopic (exact) mass is 488 g/mol. The predicted octanol–water partition coefficient (Wildman–Crippen LogP) is 5.07. The summed E-state index contributed by atoms with van der Waals surface area (Å²) < 4.78 is 25.9.